The Hall–Kier alpha value is -1.10. The van der Waals surface area contributed by atoms with Gasteiger partial charge in [0.25, 0.3) is 0 Å². The van der Waals surface area contributed by atoms with Crippen LogP contribution >= 0.6 is 12.4 Å². The van der Waals surface area contributed by atoms with E-state index >= 15 is 0 Å². The number of ether oxygens (including phenoxy) is 1. The van der Waals surface area contributed by atoms with Crippen LogP contribution in [-0.4, -0.2) is 18.6 Å². The lowest BCUT2D eigenvalue weighted by atomic mass is 9.94. The first-order valence-corrected chi connectivity index (χ1v) is 4.72. The summed E-state index contributed by atoms with van der Waals surface area (Å²) in [6, 6.07) is 9.65. The highest BCUT2D eigenvalue weighted by molar-refractivity contribution is 5.85. The van der Waals surface area contributed by atoms with Crippen molar-refractivity contribution in [2.45, 2.75) is 18.9 Å². The Balaban J connectivity index is 0.00000225. The topological polar surface area (TPSA) is 64.3 Å². The lowest BCUT2D eigenvalue weighted by Crippen LogP contribution is -2.55. The first-order valence-electron chi connectivity index (χ1n) is 4.72. The van der Waals surface area contributed by atoms with Crippen LogP contribution in [0.3, 0.4) is 0 Å². The molecule has 16 heavy (non-hydrogen) atoms. The fraction of sp³-hybridized carbons (Fsp3) is 0.364. The van der Waals surface area contributed by atoms with Crippen molar-refractivity contribution in [1.82, 2.24) is 5.43 Å². The predicted octanol–water partition coefficient (Wildman–Crippen LogP) is 1.05. The number of benzene rings is 1. The zero-order chi connectivity index (χ0) is 11.3. The fourth-order valence-electron chi connectivity index (χ4n) is 1.41. The van der Waals surface area contributed by atoms with Crippen molar-refractivity contribution in [2.75, 3.05) is 7.11 Å². The molecule has 0 bridgehead atoms. The van der Waals surface area contributed by atoms with Crippen LogP contribution in [0.2, 0.25) is 0 Å². The summed E-state index contributed by atoms with van der Waals surface area (Å²) in [7, 11) is 1.35. The van der Waals surface area contributed by atoms with Crippen LogP contribution in [0.5, 0.6) is 0 Å². The molecule has 0 aromatic heterocycles. The van der Waals surface area contributed by atoms with Crippen molar-refractivity contribution < 1.29 is 9.53 Å². The third kappa shape index (κ3) is 3.48. The van der Waals surface area contributed by atoms with Gasteiger partial charge in [0.15, 0.2) is 0 Å². The van der Waals surface area contributed by atoms with E-state index in [1.54, 1.807) is 6.92 Å². The van der Waals surface area contributed by atoms with E-state index in [0.717, 1.165) is 5.56 Å². The molecule has 3 N–H and O–H groups in total. The summed E-state index contributed by atoms with van der Waals surface area (Å²) in [6.45, 7) is 1.71. The maximum Gasteiger partial charge on any atom is 0.327 e. The van der Waals surface area contributed by atoms with Gasteiger partial charge in [-0.2, -0.15) is 0 Å². The van der Waals surface area contributed by atoms with Gasteiger partial charge in [-0.15, -0.1) is 12.4 Å². The summed E-state index contributed by atoms with van der Waals surface area (Å²) in [6.07, 6.45) is 0.497. The molecule has 0 aliphatic carbocycles. The van der Waals surface area contributed by atoms with Crippen molar-refractivity contribution in [3.8, 4) is 0 Å². The molecule has 1 aromatic rings. The third-order valence-corrected chi connectivity index (χ3v) is 2.35. The molecule has 0 spiro atoms. The number of nitrogens with one attached hydrogen (secondary N) is 1. The molecular formula is C11H17ClN2O2. The lowest BCUT2D eigenvalue weighted by molar-refractivity contribution is -0.147. The van der Waals surface area contributed by atoms with Gasteiger partial charge < -0.3 is 4.74 Å². The van der Waals surface area contributed by atoms with Crippen LogP contribution in [0.25, 0.3) is 0 Å². The number of halogens is 1. The van der Waals surface area contributed by atoms with E-state index < -0.39 is 5.54 Å². The van der Waals surface area contributed by atoms with Gasteiger partial charge in [-0.25, -0.2) is 5.43 Å². The molecule has 0 amide bonds. The molecule has 0 saturated heterocycles. The van der Waals surface area contributed by atoms with Gasteiger partial charge in [-0.3, -0.25) is 10.6 Å². The molecule has 0 saturated carbocycles. The molecule has 1 unspecified atom stereocenters. The van der Waals surface area contributed by atoms with E-state index in [0.29, 0.717) is 6.42 Å². The van der Waals surface area contributed by atoms with E-state index in [-0.39, 0.29) is 18.4 Å². The normalized spacial score (nSPS) is 13.4. The van der Waals surface area contributed by atoms with E-state index in [4.69, 9.17) is 10.6 Å². The van der Waals surface area contributed by atoms with Gasteiger partial charge in [0, 0.05) is 6.42 Å². The Labute approximate surface area is 102 Å². The molecular weight excluding hydrogens is 228 g/mol. The third-order valence-electron chi connectivity index (χ3n) is 2.35. The number of carbonyl (C=O) groups is 1. The Morgan fingerprint density at radius 1 is 1.44 bits per heavy atom. The first kappa shape index (κ1) is 14.9. The minimum Gasteiger partial charge on any atom is -0.468 e. The standard InChI is InChI=1S/C11H16N2O2.ClH/c1-11(13-12,10(14)15-2)8-9-6-4-3-5-7-9;/h3-7,13H,8,12H2,1-2H3;1H. The molecule has 0 heterocycles. The van der Waals surface area contributed by atoms with Gasteiger partial charge >= 0.3 is 5.97 Å². The quantitative estimate of drug-likeness (QED) is 0.472. The van der Waals surface area contributed by atoms with Crippen LogP contribution in [0.4, 0.5) is 0 Å². The Morgan fingerprint density at radius 3 is 2.44 bits per heavy atom. The number of esters is 1. The van der Waals surface area contributed by atoms with E-state index in [2.05, 4.69) is 5.43 Å². The minimum absolute atomic E-state index is 0. The molecule has 90 valence electrons. The second kappa shape index (κ2) is 6.48. The summed E-state index contributed by atoms with van der Waals surface area (Å²) >= 11 is 0. The smallest absolute Gasteiger partial charge is 0.327 e. The fourth-order valence-corrected chi connectivity index (χ4v) is 1.41. The number of rotatable bonds is 4. The van der Waals surface area contributed by atoms with Crippen molar-refractivity contribution in [1.29, 1.82) is 0 Å². The minimum atomic E-state index is -0.879. The molecule has 1 aromatic carbocycles. The zero-order valence-corrected chi connectivity index (χ0v) is 10.2. The Kier molecular flexibility index (Phi) is 6.03. The van der Waals surface area contributed by atoms with Crippen molar-refractivity contribution in [2.24, 2.45) is 5.84 Å². The summed E-state index contributed by atoms with van der Waals surface area (Å²) < 4.78 is 4.70. The molecule has 5 heteroatoms. The summed E-state index contributed by atoms with van der Waals surface area (Å²) in [5.41, 5.74) is 2.66. The van der Waals surface area contributed by atoms with Crippen LogP contribution in [0.15, 0.2) is 30.3 Å². The van der Waals surface area contributed by atoms with Crippen molar-refractivity contribution >= 4 is 18.4 Å². The molecule has 1 rings (SSSR count). The van der Waals surface area contributed by atoms with Crippen LogP contribution in [-0.2, 0) is 16.0 Å². The number of carbonyl (C=O) groups excluding carboxylic acids is 1. The van der Waals surface area contributed by atoms with E-state index in [1.165, 1.54) is 7.11 Å². The highest BCUT2D eigenvalue weighted by atomic mass is 35.5. The average molecular weight is 245 g/mol. The van der Waals surface area contributed by atoms with Crippen molar-refractivity contribution in [3.05, 3.63) is 35.9 Å². The Bertz CT molecular complexity index is 332. The Morgan fingerprint density at radius 2 is 2.00 bits per heavy atom. The molecule has 0 radical (unpaired) electrons. The SMILES string of the molecule is COC(=O)C(C)(Cc1ccccc1)NN.Cl. The van der Waals surface area contributed by atoms with Crippen molar-refractivity contribution in [3.63, 3.8) is 0 Å². The van der Waals surface area contributed by atoms with Gasteiger partial charge in [0.1, 0.15) is 5.54 Å². The maximum absolute atomic E-state index is 11.5. The zero-order valence-electron chi connectivity index (χ0n) is 9.40. The second-order valence-electron chi connectivity index (χ2n) is 3.63. The van der Waals surface area contributed by atoms with Gasteiger partial charge in [-0.1, -0.05) is 30.3 Å². The van der Waals surface area contributed by atoms with E-state index in [9.17, 15) is 4.79 Å². The molecule has 4 nitrogen and oxygen atoms in total. The predicted molar refractivity (Wildman–Crippen MR) is 65.1 cm³/mol. The van der Waals surface area contributed by atoms with Crippen LogP contribution in [0, 0.1) is 0 Å². The number of hydrazine groups is 1. The van der Waals surface area contributed by atoms with Gasteiger partial charge in [-0.05, 0) is 12.5 Å². The second-order valence-corrected chi connectivity index (χ2v) is 3.63. The van der Waals surface area contributed by atoms with Gasteiger partial charge in [0.05, 0.1) is 7.11 Å². The molecule has 0 aliphatic heterocycles. The summed E-state index contributed by atoms with van der Waals surface area (Å²) in [5.74, 6) is 5.01. The summed E-state index contributed by atoms with van der Waals surface area (Å²) in [5, 5.41) is 0. The number of nitrogens with two attached hydrogens (primary N) is 1. The van der Waals surface area contributed by atoms with Crippen LogP contribution in [0.1, 0.15) is 12.5 Å². The lowest BCUT2D eigenvalue weighted by Gasteiger charge is -2.25. The number of methoxy groups -OCH3 is 1. The summed E-state index contributed by atoms with van der Waals surface area (Å²) in [4.78, 5) is 11.5. The van der Waals surface area contributed by atoms with E-state index in [1.807, 2.05) is 30.3 Å². The van der Waals surface area contributed by atoms with Crippen LogP contribution < -0.4 is 11.3 Å². The van der Waals surface area contributed by atoms with Gasteiger partial charge in [0.2, 0.25) is 0 Å². The molecule has 1 atom stereocenters. The largest absolute Gasteiger partial charge is 0.468 e. The molecule has 0 aliphatic rings. The highest BCUT2D eigenvalue weighted by Gasteiger charge is 2.33. The molecule has 0 fully saturated rings. The maximum atomic E-state index is 11.5. The highest BCUT2D eigenvalue weighted by Crippen LogP contribution is 2.13. The number of hydrogen-bond acceptors (Lipinski definition) is 4. The average Bonchev–Trinajstić information content (AvgIpc) is 2.29. The number of hydrogen-bond donors (Lipinski definition) is 2. The monoisotopic (exact) mass is 244 g/mol. The first-order chi connectivity index (χ1) is 7.12.